The fourth-order valence-electron chi connectivity index (χ4n) is 1.73. The van der Waals surface area contributed by atoms with E-state index in [0.29, 0.717) is 13.1 Å². The van der Waals surface area contributed by atoms with Crippen LogP contribution in [0.3, 0.4) is 0 Å². The van der Waals surface area contributed by atoms with E-state index in [9.17, 15) is 9.59 Å². The third kappa shape index (κ3) is 3.49. The molecule has 0 saturated carbocycles. The standard InChI is InChI=1S/C11H20N2O2S/c1-3-9-11(15)13(10(14)8-12-9)6-5-7-16-4-2/h9,12H,3-8H2,1-2H3. The van der Waals surface area contributed by atoms with Crippen molar-refractivity contribution in [2.75, 3.05) is 24.6 Å². The first-order valence-corrected chi connectivity index (χ1v) is 7.01. The van der Waals surface area contributed by atoms with Crippen molar-refractivity contribution in [2.45, 2.75) is 32.7 Å². The van der Waals surface area contributed by atoms with Gasteiger partial charge < -0.3 is 0 Å². The molecule has 1 aliphatic rings. The first-order chi connectivity index (χ1) is 7.70. The molecular formula is C11H20N2O2S. The summed E-state index contributed by atoms with van der Waals surface area (Å²) in [6.07, 6.45) is 1.64. The summed E-state index contributed by atoms with van der Waals surface area (Å²) in [6, 6.07) is -0.170. The smallest absolute Gasteiger partial charge is 0.246 e. The molecule has 92 valence electrons. The number of hydrogen-bond donors (Lipinski definition) is 1. The monoisotopic (exact) mass is 244 g/mol. The molecule has 1 aliphatic heterocycles. The second-order valence-electron chi connectivity index (χ2n) is 3.78. The van der Waals surface area contributed by atoms with Gasteiger partial charge in [0.15, 0.2) is 0 Å². The molecule has 0 aromatic carbocycles. The number of rotatable bonds is 6. The van der Waals surface area contributed by atoms with Gasteiger partial charge in [-0.15, -0.1) is 0 Å². The minimum atomic E-state index is -0.170. The van der Waals surface area contributed by atoms with E-state index in [1.54, 1.807) is 0 Å². The molecule has 0 radical (unpaired) electrons. The average Bonchev–Trinajstić information content (AvgIpc) is 2.28. The van der Waals surface area contributed by atoms with Gasteiger partial charge in [0.2, 0.25) is 11.8 Å². The molecule has 1 atom stereocenters. The molecule has 0 aromatic heterocycles. The number of nitrogens with one attached hydrogen (secondary N) is 1. The Kier molecular flexibility index (Phi) is 5.84. The highest BCUT2D eigenvalue weighted by atomic mass is 32.2. The molecule has 1 saturated heterocycles. The van der Waals surface area contributed by atoms with Gasteiger partial charge in [-0.3, -0.25) is 19.8 Å². The van der Waals surface area contributed by atoms with E-state index in [-0.39, 0.29) is 17.9 Å². The Balaban J connectivity index is 2.42. The van der Waals surface area contributed by atoms with E-state index in [4.69, 9.17) is 0 Å². The van der Waals surface area contributed by atoms with E-state index < -0.39 is 0 Å². The number of amides is 2. The zero-order valence-corrected chi connectivity index (χ0v) is 10.8. The lowest BCUT2D eigenvalue weighted by Crippen LogP contribution is -2.58. The van der Waals surface area contributed by atoms with Crippen LogP contribution in [0.15, 0.2) is 0 Å². The van der Waals surface area contributed by atoms with Crippen LogP contribution in [0.25, 0.3) is 0 Å². The van der Waals surface area contributed by atoms with Crippen molar-refractivity contribution >= 4 is 23.6 Å². The summed E-state index contributed by atoms with van der Waals surface area (Å²) in [5.74, 6) is 1.95. The van der Waals surface area contributed by atoms with E-state index in [1.807, 2.05) is 18.7 Å². The number of imide groups is 1. The molecular weight excluding hydrogens is 224 g/mol. The number of carbonyl (C=O) groups is 2. The van der Waals surface area contributed by atoms with Gasteiger partial charge >= 0.3 is 0 Å². The van der Waals surface area contributed by atoms with Crippen LogP contribution in [0.5, 0.6) is 0 Å². The third-order valence-corrected chi connectivity index (χ3v) is 3.63. The fourth-order valence-corrected chi connectivity index (χ4v) is 2.35. The van der Waals surface area contributed by atoms with Crippen LogP contribution in [0, 0.1) is 0 Å². The lowest BCUT2D eigenvalue weighted by Gasteiger charge is -2.31. The molecule has 1 rings (SSSR count). The molecule has 16 heavy (non-hydrogen) atoms. The summed E-state index contributed by atoms with van der Waals surface area (Å²) in [6.45, 7) is 4.93. The van der Waals surface area contributed by atoms with Crippen molar-refractivity contribution in [1.82, 2.24) is 10.2 Å². The normalized spacial score (nSPS) is 21.6. The average molecular weight is 244 g/mol. The zero-order chi connectivity index (χ0) is 12.0. The lowest BCUT2D eigenvalue weighted by molar-refractivity contribution is -0.149. The van der Waals surface area contributed by atoms with Crippen molar-refractivity contribution < 1.29 is 9.59 Å². The van der Waals surface area contributed by atoms with Gasteiger partial charge in [0.05, 0.1) is 12.6 Å². The maximum absolute atomic E-state index is 11.9. The van der Waals surface area contributed by atoms with Crippen LogP contribution < -0.4 is 5.32 Å². The second-order valence-corrected chi connectivity index (χ2v) is 5.17. The number of nitrogens with zero attached hydrogens (tertiary/aromatic N) is 1. The zero-order valence-electron chi connectivity index (χ0n) is 9.99. The van der Waals surface area contributed by atoms with Crippen LogP contribution in [0.2, 0.25) is 0 Å². The Bertz CT molecular complexity index is 258. The Morgan fingerprint density at radius 3 is 2.81 bits per heavy atom. The van der Waals surface area contributed by atoms with Gasteiger partial charge in [0.25, 0.3) is 0 Å². The van der Waals surface area contributed by atoms with E-state index in [1.165, 1.54) is 4.90 Å². The van der Waals surface area contributed by atoms with E-state index in [0.717, 1.165) is 24.3 Å². The summed E-state index contributed by atoms with van der Waals surface area (Å²) in [5, 5.41) is 2.95. The van der Waals surface area contributed by atoms with Gasteiger partial charge in [-0.2, -0.15) is 11.8 Å². The topological polar surface area (TPSA) is 49.4 Å². The number of hydrogen-bond acceptors (Lipinski definition) is 4. The van der Waals surface area contributed by atoms with Crippen molar-refractivity contribution in [1.29, 1.82) is 0 Å². The lowest BCUT2D eigenvalue weighted by atomic mass is 10.1. The van der Waals surface area contributed by atoms with Crippen molar-refractivity contribution in [2.24, 2.45) is 0 Å². The van der Waals surface area contributed by atoms with Gasteiger partial charge in [-0.05, 0) is 24.3 Å². The van der Waals surface area contributed by atoms with Crippen LogP contribution in [-0.4, -0.2) is 47.4 Å². The summed E-state index contributed by atoms with van der Waals surface area (Å²) in [5.41, 5.74) is 0. The maximum atomic E-state index is 11.9. The quantitative estimate of drug-likeness (QED) is 0.556. The highest BCUT2D eigenvalue weighted by molar-refractivity contribution is 7.99. The molecule has 1 N–H and O–H groups in total. The van der Waals surface area contributed by atoms with Crippen LogP contribution in [0.4, 0.5) is 0 Å². The van der Waals surface area contributed by atoms with Gasteiger partial charge in [-0.25, -0.2) is 0 Å². The minimum Gasteiger partial charge on any atom is -0.297 e. The fraction of sp³-hybridized carbons (Fsp3) is 0.818. The second kappa shape index (κ2) is 6.91. The number of carbonyl (C=O) groups excluding carboxylic acids is 2. The Hall–Kier alpha value is -0.550. The Labute approximate surface area is 101 Å². The molecule has 0 bridgehead atoms. The molecule has 0 aliphatic carbocycles. The van der Waals surface area contributed by atoms with Crippen molar-refractivity contribution in [3.8, 4) is 0 Å². The molecule has 5 heteroatoms. The van der Waals surface area contributed by atoms with Crippen LogP contribution in [0.1, 0.15) is 26.7 Å². The Morgan fingerprint density at radius 2 is 2.19 bits per heavy atom. The molecule has 1 fully saturated rings. The molecule has 1 heterocycles. The van der Waals surface area contributed by atoms with Crippen molar-refractivity contribution in [3.63, 3.8) is 0 Å². The first kappa shape index (κ1) is 13.5. The van der Waals surface area contributed by atoms with E-state index >= 15 is 0 Å². The molecule has 1 unspecified atom stereocenters. The molecule has 2 amide bonds. The largest absolute Gasteiger partial charge is 0.297 e. The minimum absolute atomic E-state index is 0.0553. The van der Waals surface area contributed by atoms with E-state index in [2.05, 4.69) is 12.2 Å². The van der Waals surface area contributed by atoms with Crippen molar-refractivity contribution in [3.05, 3.63) is 0 Å². The molecule has 0 spiro atoms. The Morgan fingerprint density at radius 1 is 1.44 bits per heavy atom. The van der Waals surface area contributed by atoms with Gasteiger partial charge in [0.1, 0.15) is 0 Å². The van der Waals surface area contributed by atoms with Gasteiger partial charge in [-0.1, -0.05) is 13.8 Å². The number of piperazine rings is 1. The summed E-state index contributed by atoms with van der Waals surface area (Å²) in [7, 11) is 0. The van der Waals surface area contributed by atoms with Crippen LogP contribution >= 0.6 is 11.8 Å². The summed E-state index contributed by atoms with van der Waals surface area (Å²) in [4.78, 5) is 24.8. The first-order valence-electron chi connectivity index (χ1n) is 5.86. The summed E-state index contributed by atoms with van der Waals surface area (Å²) >= 11 is 1.84. The van der Waals surface area contributed by atoms with Gasteiger partial charge in [0, 0.05) is 6.54 Å². The van der Waals surface area contributed by atoms with Crippen LogP contribution in [-0.2, 0) is 9.59 Å². The molecule has 0 aromatic rings. The third-order valence-electron chi connectivity index (χ3n) is 2.65. The maximum Gasteiger partial charge on any atom is 0.246 e. The SMILES string of the molecule is CCSCCCN1C(=O)CNC(CC)C1=O. The highest BCUT2D eigenvalue weighted by Gasteiger charge is 2.31. The summed E-state index contributed by atoms with van der Waals surface area (Å²) < 4.78 is 0. The predicted molar refractivity (Wildman–Crippen MR) is 66.4 cm³/mol. The number of thioether (sulfide) groups is 1. The molecule has 4 nitrogen and oxygen atoms in total. The highest BCUT2D eigenvalue weighted by Crippen LogP contribution is 2.08. The predicted octanol–water partition coefficient (Wildman–Crippen LogP) is 0.867.